The van der Waals surface area contributed by atoms with Gasteiger partial charge in [-0.05, 0) is 43.4 Å². The fourth-order valence-corrected chi connectivity index (χ4v) is 3.57. The van der Waals surface area contributed by atoms with E-state index in [0.717, 1.165) is 36.3 Å². The lowest BCUT2D eigenvalue weighted by Crippen LogP contribution is -2.19. The number of aryl methyl sites for hydroxylation is 1. The number of halogens is 2. The Morgan fingerprint density at radius 3 is 2.61 bits per heavy atom. The lowest BCUT2D eigenvalue weighted by atomic mass is 9.91. The van der Waals surface area contributed by atoms with E-state index in [1.165, 1.54) is 11.1 Å². The molecule has 1 saturated heterocycles. The van der Waals surface area contributed by atoms with Crippen LogP contribution in [0.4, 0.5) is 0 Å². The molecule has 0 radical (unpaired) electrons. The monoisotopic (exact) mass is 376 g/mol. The van der Waals surface area contributed by atoms with Crippen molar-refractivity contribution in [2.75, 3.05) is 20.3 Å². The Hall–Kier alpha value is -0.0600. The van der Waals surface area contributed by atoms with Crippen molar-refractivity contribution in [2.45, 2.75) is 24.6 Å². The number of alkyl halides is 1. The summed E-state index contributed by atoms with van der Waals surface area (Å²) in [6, 6.07) is 4.26. The maximum absolute atomic E-state index is 5.51. The van der Waals surface area contributed by atoms with Crippen LogP contribution in [0.2, 0.25) is 0 Å². The van der Waals surface area contributed by atoms with Crippen molar-refractivity contribution in [1.29, 1.82) is 0 Å². The number of benzene rings is 1. The third kappa shape index (κ3) is 3.09. The highest BCUT2D eigenvalue weighted by Crippen LogP contribution is 2.42. The smallest absolute Gasteiger partial charge is 0.123 e. The molecule has 0 aliphatic carbocycles. The summed E-state index contributed by atoms with van der Waals surface area (Å²) < 4.78 is 12.1. The molecule has 1 aliphatic heterocycles. The molecule has 100 valence electrons. The minimum Gasteiger partial charge on any atom is -0.496 e. The third-order valence-corrected chi connectivity index (χ3v) is 5.58. The predicted octanol–water partition coefficient (Wildman–Crippen LogP) is 4.63. The average Bonchev–Trinajstić information content (AvgIpc) is 2.41. The summed E-state index contributed by atoms with van der Waals surface area (Å²) in [5.74, 6) is 1.58. The van der Waals surface area contributed by atoms with Gasteiger partial charge in [0.05, 0.1) is 7.11 Å². The Labute approximate surface area is 125 Å². The SMILES string of the molecule is COc1cc(C)c(Br)cc1C(Br)C1CCOCC1. The third-order valence-electron chi connectivity index (χ3n) is 3.49. The van der Waals surface area contributed by atoms with Crippen LogP contribution >= 0.6 is 31.9 Å². The van der Waals surface area contributed by atoms with E-state index in [0.29, 0.717) is 10.7 Å². The van der Waals surface area contributed by atoms with Crippen molar-refractivity contribution in [3.05, 3.63) is 27.7 Å². The van der Waals surface area contributed by atoms with Gasteiger partial charge in [-0.1, -0.05) is 31.9 Å². The standard InChI is InChI=1S/C14H18Br2O2/c1-9-7-13(17-2)11(8-12(9)15)14(16)10-3-5-18-6-4-10/h7-8,10,14H,3-6H2,1-2H3. The van der Waals surface area contributed by atoms with Gasteiger partial charge in [0.25, 0.3) is 0 Å². The summed E-state index contributed by atoms with van der Waals surface area (Å²) in [6.07, 6.45) is 2.20. The second-order valence-electron chi connectivity index (χ2n) is 4.69. The predicted molar refractivity (Wildman–Crippen MR) is 80.6 cm³/mol. The zero-order chi connectivity index (χ0) is 13.1. The van der Waals surface area contributed by atoms with E-state index in [-0.39, 0.29) is 0 Å². The summed E-state index contributed by atoms with van der Waals surface area (Å²) in [4.78, 5) is 0.327. The molecule has 1 fully saturated rings. The molecule has 2 rings (SSSR count). The molecule has 0 saturated carbocycles. The van der Waals surface area contributed by atoms with Gasteiger partial charge in [-0.15, -0.1) is 0 Å². The van der Waals surface area contributed by atoms with Crippen LogP contribution in [0.1, 0.15) is 28.8 Å². The van der Waals surface area contributed by atoms with Gasteiger partial charge in [-0.3, -0.25) is 0 Å². The fourth-order valence-electron chi connectivity index (χ4n) is 2.33. The summed E-state index contributed by atoms with van der Waals surface area (Å²) >= 11 is 7.44. The first kappa shape index (κ1) is 14.4. The number of rotatable bonds is 3. The Morgan fingerprint density at radius 2 is 2.00 bits per heavy atom. The van der Waals surface area contributed by atoms with E-state index >= 15 is 0 Å². The van der Waals surface area contributed by atoms with Gasteiger partial charge >= 0.3 is 0 Å². The quantitative estimate of drug-likeness (QED) is 0.715. The molecule has 0 N–H and O–H groups in total. The molecule has 1 aliphatic rings. The van der Waals surface area contributed by atoms with Crippen molar-refractivity contribution in [2.24, 2.45) is 5.92 Å². The van der Waals surface area contributed by atoms with Crippen LogP contribution in [-0.4, -0.2) is 20.3 Å². The van der Waals surface area contributed by atoms with Gasteiger partial charge in [0.1, 0.15) is 5.75 Å². The van der Waals surface area contributed by atoms with Crippen LogP contribution in [0, 0.1) is 12.8 Å². The van der Waals surface area contributed by atoms with Crippen LogP contribution in [-0.2, 0) is 4.74 Å². The van der Waals surface area contributed by atoms with Crippen LogP contribution < -0.4 is 4.74 Å². The van der Waals surface area contributed by atoms with Crippen LogP contribution in [0.3, 0.4) is 0 Å². The Morgan fingerprint density at radius 1 is 1.33 bits per heavy atom. The van der Waals surface area contributed by atoms with Crippen LogP contribution in [0.5, 0.6) is 5.75 Å². The lowest BCUT2D eigenvalue weighted by Gasteiger charge is -2.28. The minimum absolute atomic E-state index is 0.327. The van der Waals surface area contributed by atoms with Gasteiger partial charge in [0, 0.05) is 28.1 Å². The molecule has 1 unspecified atom stereocenters. The number of hydrogen-bond donors (Lipinski definition) is 0. The van der Waals surface area contributed by atoms with E-state index in [9.17, 15) is 0 Å². The van der Waals surface area contributed by atoms with Crippen molar-refractivity contribution in [3.63, 3.8) is 0 Å². The number of methoxy groups -OCH3 is 1. The maximum atomic E-state index is 5.51. The Balaban J connectivity index is 2.27. The maximum Gasteiger partial charge on any atom is 0.123 e. The normalized spacial score (nSPS) is 18.7. The molecular weight excluding hydrogens is 360 g/mol. The molecule has 0 aromatic heterocycles. The molecule has 2 nitrogen and oxygen atoms in total. The highest BCUT2D eigenvalue weighted by atomic mass is 79.9. The van der Waals surface area contributed by atoms with E-state index in [2.05, 4.69) is 50.9 Å². The van der Waals surface area contributed by atoms with Crippen molar-refractivity contribution >= 4 is 31.9 Å². The summed E-state index contributed by atoms with van der Waals surface area (Å²) in [7, 11) is 1.73. The first-order valence-corrected chi connectivity index (χ1v) is 7.90. The highest BCUT2D eigenvalue weighted by Gasteiger charge is 2.26. The molecule has 4 heteroatoms. The van der Waals surface area contributed by atoms with Crippen molar-refractivity contribution in [1.82, 2.24) is 0 Å². The molecule has 1 aromatic carbocycles. The second kappa shape index (κ2) is 6.40. The van der Waals surface area contributed by atoms with Crippen LogP contribution in [0.15, 0.2) is 16.6 Å². The van der Waals surface area contributed by atoms with Gasteiger partial charge in [0.2, 0.25) is 0 Å². The zero-order valence-electron chi connectivity index (χ0n) is 10.7. The average molecular weight is 378 g/mol. The molecule has 1 heterocycles. The molecule has 1 atom stereocenters. The summed E-state index contributed by atoms with van der Waals surface area (Å²) in [6.45, 7) is 3.80. The van der Waals surface area contributed by atoms with E-state index in [1.54, 1.807) is 7.11 Å². The number of hydrogen-bond acceptors (Lipinski definition) is 2. The van der Waals surface area contributed by atoms with Crippen molar-refractivity contribution < 1.29 is 9.47 Å². The topological polar surface area (TPSA) is 18.5 Å². The molecular formula is C14H18Br2O2. The molecule has 1 aromatic rings. The molecule has 0 amide bonds. The first-order valence-electron chi connectivity index (χ1n) is 6.19. The highest BCUT2D eigenvalue weighted by molar-refractivity contribution is 9.10. The van der Waals surface area contributed by atoms with Gasteiger partial charge in [0.15, 0.2) is 0 Å². The molecule has 18 heavy (non-hydrogen) atoms. The lowest BCUT2D eigenvalue weighted by molar-refractivity contribution is 0.0660. The molecule has 0 spiro atoms. The van der Waals surface area contributed by atoms with E-state index < -0.39 is 0 Å². The van der Waals surface area contributed by atoms with E-state index in [4.69, 9.17) is 9.47 Å². The largest absolute Gasteiger partial charge is 0.496 e. The van der Waals surface area contributed by atoms with Crippen LogP contribution in [0.25, 0.3) is 0 Å². The molecule has 0 bridgehead atoms. The zero-order valence-corrected chi connectivity index (χ0v) is 13.9. The summed E-state index contributed by atoms with van der Waals surface area (Å²) in [5, 5.41) is 0. The van der Waals surface area contributed by atoms with Gasteiger partial charge < -0.3 is 9.47 Å². The summed E-state index contributed by atoms with van der Waals surface area (Å²) in [5.41, 5.74) is 2.42. The second-order valence-corrected chi connectivity index (χ2v) is 6.54. The first-order chi connectivity index (χ1) is 8.63. The minimum atomic E-state index is 0.327. The fraction of sp³-hybridized carbons (Fsp3) is 0.571. The number of ether oxygens (including phenoxy) is 2. The van der Waals surface area contributed by atoms with Gasteiger partial charge in [-0.2, -0.15) is 0 Å². The van der Waals surface area contributed by atoms with Crippen molar-refractivity contribution in [3.8, 4) is 5.75 Å². The van der Waals surface area contributed by atoms with E-state index in [1.807, 2.05) is 0 Å². The Kier molecular flexibility index (Phi) is 5.10. The van der Waals surface area contributed by atoms with Gasteiger partial charge in [-0.25, -0.2) is 0 Å². The Bertz CT molecular complexity index is 415.